The first-order chi connectivity index (χ1) is 12.8. The lowest BCUT2D eigenvalue weighted by Crippen LogP contribution is -2.52. The molecule has 3 N–H and O–H groups in total. The minimum atomic E-state index is -3.99. The van der Waals surface area contributed by atoms with Gasteiger partial charge >= 0.3 is 16.5 Å². The number of aryl methyl sites for hydroxylation is 1. The van der Waals surface area contributed by atoms with Crippen LogP contribution >= 0.6 is 0 Å². The Morgan fingerprint density at radius 2 is 1.70 bits per heavy atom. The van der Waals surface area contributed by atoms with Gasteiger partial charge in [0.25, 0.3) is 0 Å². The first-order valence-corrected chi connectivity index (χ1v) is 10.9. The van der Waals surface area contributed by atoms with E-state index in [2.05, 4.69) is 23.7 Å². The van der Waals surface area contributed by atoms with Gasteiger partial charge in [-0.05, 0) is 30.0 Å². The SMILES string of the molecule is C=C(C)C(=O)Oc1ccc(CCCCCCCCCC)c([S+]([O])(=O)O[NH3+])c1. The van der Waals surface area contributed by atoms with Gasteiger partial charge < -0.3 is 4.74 Å². The molecule has 0 aliphatic rings. The first-order valence-electron chi connectivity index (χ1n) is 9.51. The van der Waals surface area contributed by atoms with Gasteiger partial charge in [0, 0.05) is 17.2 Å². The molecule has 7 heteroatoms. The number of carbonyl (C=O) groups excluding carboxylic acids is 1. The van der Waals surface area contributed by atoms with E-state index in [4.69, 9.17) is 4.74 Å². The summed E-state index contributed by atoms with van der Waals surface area (Å²) in [5.41, 5.74) is 0.871. The molecule has 0 aliphatic carbocycles. The molecule has 1 aromatic rings. The van der Waals surface area contributed by atoms with Crippen LogP contribution in [-0.2, 0) is 34.8 Å². The van der Waals surface area contributed by atoms with E-state index >= 15 is 0 Å². The van der Waals surface area contributed by atoms with Gasteiger partial charge in [-0.1, -0.05) is 64.5 Å². The van der Waals surface area contributed by atoms with Crippen molar-refractivity contribution in [3.05, 3.63) is 35.9 Å². The van der Waals surface area contributed by atoms with Gasteiger partial charge in [-0.25, -0.2) is 4.79 Å². The molecule has 1 atom stereocenters. The second kappa shape index (κ2) is 12.0. The highest BCUT2D eigenvalue weighted by Gasteiger charge is 2.40. The number of hydrogen-bond acceptors (Lipinski definition) is 4. The van der Waals surface area contributed by atoms with Crippen LogP contribution in [0.15, 0.2) is 35.2 Å². The zero-order valence-corrected chi connectivity index (χ0v) is 17.3. The average Bonchev–Trinajstić information content (AvgIpc) is 2.64. The molecular formula is C20H32NO5S+2. The van der Waals surface area contributed by atoms with Crippen molar-refractivity contribution in [3.63, 3.8) is 0 Å². The van der Waals surface area contributed by atoms with Crippen LogP contribution in [0, 0.1) is 0 Å². The van der Waals surface area contributed by atoms with Crippen molar-refractivity contribution in [2.75, 3.05) is 0 Å². The topological polar surface area (TPSA) is 100 Å². The van der Waals surface area contributed by atoms with Gasteiger partial charge in [0.05, 0.1) is 8.84 Å². The number of hydrogen-bond donors (Lipinski definition) is 1. The predicted molar refractivity (Wildman–Crippen MR) is 104 cm³/mol. The fraction of sp³-hybridized carbons (Fsp3) is 0.550. The molecule has 27 heavy (non-hydrogen) atoms. The third kappa shape index (κ3) is 8.34. The van der Waals surface area contributed by atoms with Gasteiger partial charge in [0.1, 0.15) is 5.75 Å². The molecule has 1 radical (unpaired) electrons. The Bertz CT molecular complexity index is 674. The van der Waals surface area contributed by atoms with E-state index in [-0.39, 0.29) is 16.2 Å². The number of esters is 1. The molecule has 151 valence electrons. The molecule has 1 aromatic carbocycles. The maximum absolute atomic E-state index is 12.2. The molecule has 0 amide bonds. The fourth-order valence-corrected chi connectivity index (χ4v) is 3.62. The summed E-state index contributed by atoms with van der Waals surface area (Å²) < 4.78 is 33.9. The van der Waals surface area contributed by atoms with Crippen LogP contribution < -0.4 is 10.6 Å². The van der Waals surface area contributed by atoms with E-state index in [0.29, 0.717) is 12.0 Å². The third-order valence-electron chi connectivity index (χ3n) is 4.32. The average molecular weight is 399 g/mol. The van der Waals surface area contributed by atoms with Gasteiger partial charge in [0.2, 0.25) is 4.90 Å². The molecule has 0 bridgehead atoms. The van der Waals surface area contributed by atoms with Crippen molar-refractivity contribution in [2.45, 2.75) is 76.5 Å². The Labute approximate surface area is 163 Å². The Balaban J connectivity index is 2.71. The summed E-state index contributed by atoms with van der Waals surface area (Å²) >= 11 is 0. The summed E-state index contributed by atoms with van der Waals surface area (Å²) in [5, 5.41) is 0. The van der Waals surface area contributed by atoms with E-state index in [1.54, 1.807) is 12.1 Å². The molecule has 0 aliphatic heterocycles. The van der Waals surface area contributed by atoms with Crippen molar-refractivity contribution in [1.29, 1.82) is 0 Å². The van der Waals surface area contributed by atoms with Crippen LogP contribution in [0.3, 0.4) is 0 Å². The largest absolute Gasteiger partial charge is 0.482 e. The van der Waals surface area contributed by atoms with Gasteiger partial charge in [0.15, 0.2) is 0 Å². The van der Waals surface area contributed by atoms with Gasteiger partial charge in [-0.15, -0.1) is 0 Å². The molecule has 1 rings (SSSR count). The van der Waals surface area contributed by atoms with Crippen LogP contribution in [0.5, 0.6) is 5.75 Å². The van der Waals surface area contributed by atoms with Gasteiger partial charge in [-0.2, -0.15) is 5.90 Å². The molecule has 0 heterocycles. The zero-order chi connectivity index (χ0) is 20.3. The molecule has 1 unspecified atom stereocenters. The maximum atomic E-state index is 12.2. The van der Waals surface area contributed by atoms with E-state index in [0.717, 1.165) is 19.3 Å². The van der Waals surface area contributed by atoms with Crippen molar-refractivity contribution in [1.82, 2.24) is 0 Å². The van der Waals surface area contributed by atoms with Crippen LogP contribution in [0.4, 0.5) is 0 Å². The minimum absolute atomic E-state index is 0.00698. The quantitative estimate of drug-likeness (QED) is 0.135. The number of unbranched alkanes of at least 4 members (excludes halogenated alkanes) is 7. The Kier molecular flexibility index (Phi) is 10.5. The number of quaternary nitrogens is 1. The number of carbonyl (C=O) groups is 1. The highest BCUT2D eigenvalue weighted by Crippen LogP contribution is 2.28. The molecule has 0 aromatic heterocycles. The van der Waals surface area contributed by atoms with Gasteiger partial charge in [-0.3, -0.25) is 0 Å². The summed E-state index contributed by atoms with van der Waals surface area (Å²) in [5.74, 6) is 2.56. The summed E-state index contributed by atoms with van der Waals surface area (Å²) in [4.78, 5) is 11.6. The lowest BCUT2D eigenvalue weighted by atomic mass is 10.0. The van der Waals surface area contributed by atoms with E-state index in [9.17, 15) is 13.6 Å². The lowest BCUT2D eigenvalue weighted by molar-refractivity contribution is -0.637. The van der Waals surface area contributed by atoms with Crippen LogP contribution in [-0.4, -0.2) is 5.97 Å². The second-order valence-corrected chi connectivity index (χ2v) is 8.32. The number of ether oxygens (including phenoxy) is 1. The summed E-state index contributed by atoms with van der Waals surface area (Å²) in [7, 11) is -3.99. The Morgan fingerprint density at radius 3 is 2.26 bits per heavy atom. The molecule has 0 saturated carbocycles. The second-order valence-electron chi connectivity index (χ2n) is 6.74. The Hall–Kier alpha value is -1.54. The number of benzene rings is 1. The summed E-state index contributed by atoms with van der Waals surface area (Å²) in [6, 6.07) is 4.55. The normalized spacial score (nSPS) is 13.2. The standard InChI is InChI=1S/C20H32NO5S/c1-4-5-6-7-8-9-10-11-12-17-13-14-18(25-20(22)16(2)3)15-19(17)27(23,24)26-21/h13-15H,2,4-12H2,1,3,21H3/q+2. The highest BCUT2D eigenvalue weighted by molar-refractivity contribution is 7.92. The van der Waals surface area contributed by atoms with Crippen LogP contribution in [0.1, 0.15) is 70.8 Å². The summed E-state index contributed by atoms with van der Waals surface area (Å²) in [6.07, 6.45) is 9.96. The van der Waals surface area contributed by atoms with Crippen molar-refractivity contribution >= 4 is 16.5 Å². The zero-order valence-electron chi connectivity index (χ0n) is 16.5. The van der Waals surface area contributed by atoms with E-state index < -0.39 is 16.5 Å². The summed E-state index contributed by atoms with van der Waals surface area (Å²) in [6.45, 7) is 7.23. The van der Waals surface area contributed by atoms with Crippen molar-refractivity contribution in [2.24, 2.45) is 0 Å². The van der Waals surface area contributed by atoms with Crippen LogP contribution in [0.2, 0.25) is 0 Å². The highest BCUT2D eigenvalue weighted by atomic mass is 32.3. The monoisotopic (exact) mass is 398 g/mol. The third-order valence-corrected chi connectivity index (χ3v) is 5.55. The van der Waals surface area contributed by atoms with E-state index in [1.807, 2.05) is 0 Å². The first kappa shape index (κ1) is 23.5. The van der Waals surface area contributed by atoms with Crippen molar-refractivity contribution < 1.29 is 28.5 Å². The lowest BCUT2D eigenvalue weighted by Gasteiger charge is -2.08. The predicted octanol–water partition coefficient (Wildman–Crippen LogP) is 4.14. The molecule has 6 nitrogen and oxygen atoms in total. The molecule has 0 spiro atoms. The van der Waals surface area contributed by atoms with Crippen molar-refractivity contribution in [3.8, 4) is 5.75 Å². The van der Waals surface area contributed by atoms with Crippen LogP contribution in [0.25, 0.3) is 0 Å². The molecular weight excluding hydrogens is 366 g/mol. The number of rotatable bonds is 13. The smallest absolute Gasteiger partial charge is 0.423 e. The Morgan fingerprint density at radius 1 is 1.11 bits per heavy atom. The molecule has 0 fully saturated rings. The van der Waals surface area contributed by atoms with E-state index in [1.165, 1.54) is 45.1 Å². The maximum Gasteiger partial charge on any atom is 0.482 e. The minimum Gasteiger partial charge on any atom is -0.423 e. The molecule has 0 saturated heterocycles. The fourth-order valence-electron chi connectivity index (χ4n) is 2.74.